The first kappa shape index (κ1) is 16.0. The Kier molecular flexibility index (Phi) is 3.69. The number of aromatic nitrogens is 5. The Bertz CT molecular complexity index is 1010. The molecular weight excluding hydrogens is 346 g/mol. The van der Waals surface area contributed by atoms with Gasteiger partial charge in [-0.2, -0.15) is 4.52 Å². The lowest BCUT2D eigenvalue weighted by molar-refractivity contribution is 0.390. The largest absolute Gasteiger partial charge is 0.360 e. The molecule has 4 rings (SSSR count). The van der Waals surface area contributed by atoms with Crippen molar-refractivity contribution in [2.45, 2.75) is 31.2 Å². The van der Waals surface area contributed by atoms with Crippen molar-refractivity contribution in [3.05, 3.63) is 29.9 Å². The normalized spacial score (nSPS) is 18.3. The molecule has 132 valence electrons. The summed E-state index contributed by atoms with van der Waals surface area (Å²) in [7, 11) is -3.67. The highest BCUT2D eigenvalue weighted by molar-refractivity contribution is 7.89. The van der Waals surface area contributed by atoms with Crippen molar-refractivity contribution in [2.24, 2.45) is 0 Å². The number of rotatable bonds is 4. The van der Waals surface area contributed by atoms with Gasteiger partial charge in [-0.1, -0.05) is 5.16 Å². The third-order valence-electron chi connectivity index (χ3n) is 4.22. The zero-order valence-electron chi connectivity index (χ0n) is 13.7. The average Bonchev–Trinajstić information content (AvgIpc) is 3.26. The highest BCUT2D eigenvalue weighted by atomic mass is 32.2. The molecule has 3 aromatic heterocycles. The quantitative estimate of drug-likeness (QED) is 0.702. The second-order valence-electron chi connectivity index (χ2n) is 6.03. The van der Waals surface area contributed by atoms with Crippen LogP contribution in [0.4, 0.5) is 5.82 Å². The molecule has 0 bridgehead atoms. The molecule has 0 aliphatic carbocycles. The number of nitrogens with one attached hydrogen (secondary N) is 1. The fraction of sp³-hybridized carbons (Fsp3) is 0.429. The summed E-state index contributed by atoms with van der Waals surface area (Å²) in [5.41, 5.74) is 1.03. The van der Waals surface area contributed by atoms with Crippen LogP contribution >= 0.6 is 0 Å². The lowest BCUT2D eigenvalue weighted by atomic mass is 10.3. The summed E-state index contributed by atoms with van der Waals surface area (Å²) < 4.78 is 34.5. The maximum absolute atomic E-state index is 12.6. The van der Waals surface area contributed by atoms with E-state index < -0.39 is 10.0 Å². The highest BCUT2D eigenvalue weighted by Gasteiger charge is 2.31. The molecule has 0 spiro atoms. The van der Waals surface area contributed by atoms with Crippen molar-refractivity contribution in [3.8, 4) is 0 Å². The van der Waals surface area contributed by atoms with E-state index in [2.05, 4.69) is 25.2 Å². The molecule has 11 heteroatoms. The molecule has 0 unspecified atom stereocenters. The molecule has 1 aliphatic heterocycles. The van der Waals surface area contributed by atoms with Gasteiger partial charge < -0.3 is 9.42 Å². The van der Waals surface area contributed by atoms with Crippen LogP contribution in [0, 0.1) is 13.8 Å². The molecule has 3 aromatic rings. The number of fused-ring (bicyclic) bond motifs is 1. The van der Waals surface area contributed by atoms with E-state index >= 15 is 0 Å². The minimum Gasteiger partial charge on any atom is -0.360 e. The molecule has 1 fully saturated rings. The molecule has 1 N–H and O–H groups in total. The van der Waals surface area contributed by atoms with Crippen LogP contribution in [0.15, 0.2) is 27.9 Å². The molecule has 4 heterocycles. The molecular formula is C14H17N7O3S. The lowest BCUT2D eigenvalue weighted by Gasteiger charge is -2.17. The van der Waals surface area contributed by atoms with Crippen LogP contribution in [-0.4, -0.2) is 52.5 Å². The van der Waals surface area contributed by atoms with E-state index in [0.29, 0.717) is 36.6 Å². The Morgan fingerprint density at radius 2 is 2.16 bits per heavy atom. The van der Waals surface area contributed by atoms with E-state index in [4.69, 9.17) is 4.52 Å². The van der Waals surface area contributed by atoms with Gasteiger partial charge in [0.2, 0.25) is 10.0 Å². The number of hydrogen-bond donors (Lipinski definition) is 1. The monoisotopic (exact) mass is 363 g/mol. The van der Waals surface area contributed by atoms with Gasteiger partial charge in [-0.3, -0.25) is 0 Å². The van der Waals surface area contributed by atoms with Crippen molar-refractivity contribution < 1.29 is 12.9 Å². The van der Waals surface area contributed by atoms with Crippen molar-refractivity contribution in [1.82, 2.24) is 29.7 Å². The molecule has 1 atom stereocenters. The Labute approximate surface area is 143 Å². The predicted molar refractivity (Wildman–Crippen MR) is 87.7 cm³/mol. The lowest BCUT2D eigenvalue weighted by Crippen LogP contribution is -2.37. The molecule has 1 aliphatic rings. The smallest absolute Gasteiger partial charge is 0.246 e. The topological polar surface area (TPSA) is 119 Å². The molecule has 0 radical (unpaired) electrons. The van der Waals surface area contributed by atoms with E-state index in [1.54, 1.807) is 18.4 Å². The third kappa shape index (κ3) is 2.85. The minimum absolute atomic E-state index is 0.120. The predicted octanol–water partition coefficient (Wildman–Crippen LogP) is 0.286. The SMILES string of the molecule is Cc1noc(C)c1S(=O)(=O)N[C@H]1CCN(c2ccc3nncn3n2)C1. The van der Waals surface area contributed by atoms with Crippen LogP contribution in [0.5, 0.6) is 0 Å². The maximum Gasteiger partial charge on any atom is 0.246 e. The molecule has 1 saturated heterocycles. The van der Waals surface area contributed by atoms with Crippen LogP contribution < -0.4 is 9.62 Å². The van der Waals surface area contributed by atoms with Crippen LogP contribution in [-0.2, 0) is 10.0 Å². The molecule has 0 saturated carbocycles. The van der Waals surface area contributed by atoms with Gasteiger partial charge in [0.15, 0.2) is 11.4 Å². The standard InChI is InChI=1S/C14H17N7O3S/c1-9-14(10(2)24-18-9)25(22,23)19-11-5-6-20(7-11)13-4-3-12-16-15-8-21(12)17-13/h3-4,8,11,19H,5-7H2,1-2H3/t11-/m0/s1. The number of nitrogens with zero attached hydrogens (tertiary/aromatic N) is 6. The van der Waals surface area contributed by atoms with Crippen LogP contribution in [0.2, 0.25) is 0 Å². The summed E-state index contributed by atoms with van der Waals surface area (Å²) in [5.74, 6) is 1.05. The summed E-state index contributed by atoms with van der Waals surface area (Å²) >= 11 is 0. The van der Waals surface area contributed by atoms with Gasteiger partial charge >= 0.3 is 0 Å². The van der Waals surface area contributed by atoms with E-state index in [1.807, 2.05) is 17.0 Å². The van der Waals surface area contributed by atoms with Gasteiger partial charge in [-0.05, 0) is 32.4 Å². The maximum atomic E-state index is 12.6. The summed E-state index contributed by atoms with van der Waals surface area (Å²) in [4.78, 5) is 2.15. The summed E-state index contributed by atoms with van der Waals surface area (Å²) in [6.45, 7) is 4.44. The van der Waals surface area contributed by atoms with Crippen LogP contribution in [0.3, 0.4) is 0 Å². The van der Waals surface area contributed by atoms with Gasteiger partial charge in [-0.25, -0.2) is 13.1 Å². The Morgan fingerprint density at radius 1 is 1.32 bits per heavy atom. The zero-order chi connectivity index (χ0) is 17.6. The van der Waals surface area contributed by atoms with Gasteiger partial charge in [0, 0.05) is 19.1 Å². The van der Waals surface area contributed by atoms with Gasteiger partial charge in [0.25, 0.3) is 0 Å². The van der Waals surface area contributed by atoms with E-state index in [0.717, 1.165) is 5.82 Å². The average molecular weight is 363 g/mol. The Hall–Kier alpha value is -2.53. The minimum atomic E-state index is -3.67. The summed E-state index contributed by atoms with van der Waals surface area (Å²) in [6, 6.07) is 3.48. The number of hydrogen-bond acceptors (Lipinski definition) is 8. The second-order valence-corrected chi connectivity index (χ2v) is 7.68. The zero-order valence-corrected chi connectivity index (χ0v) is 14.6. The second kappa shape index (κ2) is 5.77. The number of anilines is 1. The molecule has 0 aromatic carbocycles. The molecule has 10 nitrogen and oxygen atoms in total. The van der Waals surface area contributed by atoms with Crippen LogP contribution in [0.1, 0.15) is 17.9 Å². The van der Waals surface area contributed by atoms with Gasteiger partial charge in [0.1, 0.15) is 22.7 Å². The van der Waals surface area contributed by atoms with E-state index in [-0.39, 0.29) is 10.9 Å². The Morgan fingerprint density at radius 3 is 2.92 bits per heavy atom. The highest BCUT2D eigenvalue weighted by Crippen LogP contribution is 2.22. The Balaban J connectivity index is 1.50. The first-order valence-corrected chi connectivity index (χ1v) is 9.29. The van der Waals surface area contributed by atoms with Crippen molar-refractivity contribution in [3.63, 3.8) is 0 Å². The van der Waals surface area contributed by atoms with E-state index in [9.17, 15) is 8.42 Å². The summed E-state index contributed by atoms with van der Waals surface area (Å²) in [6.07, 6.45) is 2.22. The number of aryl methyl sites for hydroxylation is 2. The van der Waals surface area contributed by atoms with Crippen molar-refractivity contribution >= 4 is 21.5 Å². The molecule has 25 heavy (non-hydrogen) atoms. The summed E-state index contributed by atoms with van der Waals surface area (Å²) in [5, 5.41) is 15.9. The number of sulfonamides is 1. The first-order valence-electron chi connectivity index (χ1n) is 7.81. The fourth-order valence-corrected chi connectivity index (χ4v) is 4.68. The molecule has 0 amide bonds. The van der Waals surface area contributed by atoms with Gasteiger partial charge in [0.05, 0.1) is 0 Å². The van der Waals surface area contributed by atoms with Crippen molar-refractivity contribution in [1.29, 1.82) is 0 Å². The van der Waals surface area contributed by atoms with Crippen molar-refractivity contribution in [2.75, 3.05) is 18.0 Å². The third-order valence-corrected chi connectivity index (χ3v) is 5.98. The van der Waals surface area contributed by atoms with E-state index in [1.165, 1.54) is 6.33 Å². The van der Waals surface area contributed by atoms with Crippen LogP contribution in [0.25, 0.3) is 5.65 Å². The first-order chi connectivity index (χ1) is 11.9. The fourth-order valence-electron chi connectivity index (χ4n) is 3.09. The van der Waals surface area contributed by atoms with Gasteiger partial charge in [-0.15, -0.1) is 15.3 Å².